The molecule has 3 nitrogen and oxygen atoms in total. The van der Waals surface area contributed by atoms with E-state index in [0.717, 1.165) is 32.2 Å². The maximum absolute atomic E-state index is 12.4. The molecule has 1 aliphatic carbocycles. The van der Waals surface area contributed by atoms with Crippen LogP contribution in [0.25, 0.3) is 0 Å². The number of hydrogen-bond donors (Lipinski definition) is 1. The zero-order valence-corrected chi connectivity index (χ0v) is 13.2. The second kappa shape index (κ2) is 8.57. The van der Waals surface area contributed by atoms with Crippen molar-refractivity contribution in [2.45, 2.75) is 77.8 Å². The summed E-state index contributed by atoms with van der Waals surface area (Å²) in [6, 6.07) is 1.14. The molecule has 1 N–H and O–H groups in total. The molecule has 0 aromatic carbocycles. The van der Waals surface area contributed by atoms with Gasteiger partial charge < -0.3 is 10.2 Å². The molecule has 112 valence electrons. The molecule has 0 heterocycles. The quantitative estimate of drug-likeness (QED) is 0.769. The van der Waals surface area contributed by atoms with Crippen LogP contribution in [-0.2, 0) is 4.79 Å². The average molecular weight is 268 g/mol. The molecule has 1 aliphatic rings. The van der Waals surface area contributed by atoms with Gasteiger partial charge in [-0.2, -0.15) is 0 Å². The van der Waals surface area contributed by atoms with Crippen LogP contribution < -0.4 is 5.32 Å². The lowest BCUT2D eigenvalue weighted by Crippen LogP contribution is -2.45. The van der Waals surface area contributed by atoms with Gasteiger partial charge in [-0.25, -0.2) is 0 Å². The largest absolute Gasteiger partial charge is 0.343 e. The summed E-state index contributed by atoms with van der Waals surface area (Å²) in [6.07, 6.45) is 7.87. The van der Waals surface area contributed by atoms with E-state index in [0.29, 0.717) is 18.0 Å². The van der Waals surface area contributed by atoms with Gasteiger partial charge in [0.05, 0.1) is 0 Å². The highest BCUT2D eigenvalue weighted by Gasteiger charge is 2.28. The molecule has 0 unspecified atom stereocenters. The van der Waals surface area contributed by atoms with E-state index in [4.69, 9.17) is 0 Å². The third kappa shape index (κ3) is 4.79. The highest BCUT2D eigenvalue weighted by atomic mass is 16.2. The third-order valence-electron chi connectivity index (χ3n) is 4.61. The van der Waals surface area contributed by atoms with Gasteiger partial charge in [-0.15, -0.1) is 0 Å². The Morgan fingerprint density at radius 2 is 1.74 bits per heavy atom. The lowest BCUT2D eigenvalue weighted by Gasteiger charge is -2.36. The zero-order valence-electron chi connectivity index (χ0n) is 13.2. The Balaban J connectivity index is 2.39. The molecule has 0 bridgehead atoms. The molecule has 1 fully saturated rings. The summed E-state index contributed by atoms with van der Waals surface area (Å²) < 4.78 is 0. The first-order valence-corrected chi connectivity index (χ1v) is 8.13. The van der Waals surface area contributed by atoms with E-state index in [2.05, 4.69) is 26.1 Å². The number of carbonyl (C=O) groups excluding carboxylic acids is 1. The molecule has 0 saturated heterocycles. The Morgan fingerprint density at radius 1 is 1.16 bits per heavy atom. The van der Waals surface area contributed by atoms with Crippen molar-refractivity contribution < 1.29 is 4.79 Å². The van der Waals surface area contributed by atoms with Crippen molar-refractivity contribution in [3.8, 4) is 0 Å². The first kappa shape index (κ1) is 16.5. The molecule has 0 radical (unpaired) electrons. The zero-order chi connectivity index (χ0) is 14.3. The van der Waals surface area contributed by atoms with Crippen LogP contribution in [0.5, 0.6) is 0 Å². The van der Waals surface area contributed by atoms with Crippen molar-refractivity contribution in [3.05, 3.63) is 0 Å². The molecular formula is C16H32N2O. The van der Waals surface area contributed by atoms with Crippen molar-refractivity contribution in [1.29, 1.82) is 0 Å². The number of nitrogens with one attached hydrogen (secondary N) is 1. The second-order valence-corrected chi connectivity index (χ2v) is 5.92. The van der Waals surface area contributed by atoms with Crippen molar-refractivity contribution in [2.24, 2.45) is 5.92 Å². The minimum atomic E-state index is 0.223. The van der Waals surface area contributed by atoms with Crippen LogP contribution in [0.15, 0.2) is 0 Å². The monoisotopic (exact) mass is 268 g/mol. The van der Waals surface area contributed by atoms with Crippen LogP contribution in [0.4, 0.5) is 0 Å². The summed E-state index contributed by atoms with van der Waals surface area (Å²) in [5, 5.41) is 3.60. The summed E-state index contributed by atoms with van der Waals surface area (Å²) in [4.78, 5) is 14.4. The van der Waals surface area contributed by atoms with Gasteiger partial charge in [0.25, 0.3) is 0 Å². The highest BCUT2D eigenvalue weighted by Crippen LogP contribution is 2.24. The fourth-order valence-electron chi connectivity index (χ4n) is 3.12. The Morgan fingerprint density at radius 3 is 2.21 bits per heavy atom. The Hall–Kier alpha value is -0.570. The van der Waals surface area contributed by atoms with Gasteiger partial charge in [0.15, 0.2) is 0 Å². The minimum absolute atomic E-state index is 0.223. The molecule has 3 heteroatoms. The first-order valence-electron chi connectivity index (χ1n) is 8.13. The predicted molar refractivity (Wildman–Crippen MR) is 81.2 cm³/mol. The fourth-order valence-corrected chi connectivity index (χ4v) is 3.12. The molecule has 0 spiro atoms. The minimum Gasteiger partial charge on any atom is -0.343 e. The standard InChI is InChI=1S/C16H32N2O/c1-5-12-17-14-8-10-15(11-9-14)18(4)16(19)13(6-2)7-3/h13-15,17H,5-12H2,1-4H3. The van der Waals surface area contributed by atoms with E-state index >= 15 is 0 Å². The van der Waals surface area contributed by atoms with E-state index in [9.17, 15) is 4.79 Å². The SMILES string of the molecule is CCCNC1CCC(N(C)C(=O)C(CC)CC)CC1. The Kier molecular flexibility index (Phi) is 7.44. The van der Waals surface area contributed by atoms with Gasteiger partial charge in [0, 0.05) is 25.0 Å². The lowest BCUT2D eigenvalue weighted by atomic mass is 9.89. The van der Waals surface area contributed by atoms with Gasteiger partial charge in [0.2, 0.25) is 5.91 Å². The van der Waals surface area contributed by atoms with Crippen molar-refractivity contribution >= 4 is 5.91 Å². The van der Waals surface area contributed by atoms with Crippen LogP contribution in [0.3, 0.4) is 0 Å². The van der Waals surface area contributed by atoms with Crippen molar-refractivity contribution in [1.82, 2.24) is 10.2 Å². The van der Waals surface area contributed by atoms with Crippen molar-refractivity contribution in [3.63, 3.8) is 0 Å². The Bertz CT molecular complexity index is 255. The maximum atomic E-state index is 12.4. The molecule has 0 aliphatic heterocycles. The number of amides is 1. The number of carbonyl (C=O) groups is 1. The van der Waals surface area contributed by atoms with Crippen LogP contribution in [0.2, 0.25) is 0 Å². The van der Waals surface area contributed by atoms with E-state index in [1.54, 1.807) is 0 Å². The van der Waals surface area contributed by atoms with Crippen molar-refractivity contribution in [2.75, 3.05) is 13.6 Å². The molecule has 1 saturated carbocycles. The topological polar surface area (TPSA) is 32.3 Å². The van der Waals surface area contributed by atoms with Crippen LogP contribution in [0, 0.1) is 5.92 Å². The molecule has 0 aromatic rings. The summed E-state index contributed by atoms with van der Waals surface area (Å²) >= 11 is 0. The maximum Gasteiger partial charge on any atom is 0.225 e. The Labute approximate surface area is 119 Å². The smallest absolute Gasteiger partial charge is 0.225 e. The van der Waals surface area contributed by atoms with E-state index in [1.165, 1.54) is 19.3 Å². The fraction of sp³-hybridized carbons (Fsp3) is 0.938. The van der Waals surface area contributed by atoms with Crippen LogP contribution >= 0.6 is 0 Å². The summed E-state index contributed by atoms with van der Waals surface area (Å²) in [5.41, 5.74) is 0. The molecular weight excluding hydrogens is 236 g/mol. The van der Waals surface area contributed by atoms with Crippen LogP contribution in [-0.4, -0.2) is 36.5 Å². The predicted octanol–water partition coefficient (Wildman–Crippen LogP) is 3.19. The van der Waals surface area contributed by atoms with E-state index in [-0.39, 0.29) is 5.92 Å². The summed E-state index contributed by atoms with van der Waals surface area (Å²) in [5.74, 6) is 0.580. The van der Waals surface area contributed by atoms with Gasteiger partial charge in [-0.3, -0.25) is 4.79 Å². The summed E-state index contributed by atoms with van der Waals surface area (Å²) in [7, 11) is 2.01. The summed E-state index contributed by atoms with van der Waals surface area (Å²) in [6.45, 7) is 7.56. The molecule has 1 rings (SSSR count). The third-order valence-corrected chi connectivity index (χ3v) is 4.61. The molecule has 0 atom stereocenters. The van der Waals surface area contributed by atoms with Crippen LogP contribution in [0.1, 0.15) is 65.7 Å². The van der Waals surface area contributed by atoms with Gasteiger partial charge in [-0.1, -0.05) is 20.8 Å². The number of rotatable bonds is 7. The van der Waals surface area contributed by atoms with E-state index in [1.807, 2.05) is 11.9 Å². The molecule has 0 aromatic heterocycles. The number of hydrogen-bond acceptors (Lipinski definition) is 2. The highest BCUT2D eigenvalue weighted by molar-refractivity contribution is 5.78. The number of nitrogens with zero attached hydrogens (tertiary/aromatic N) is 1. The molecule has 19 heavy (non-hydrogen) atoms. The lowest BCUT2D eigenvalue weighted by molar-refractivity contribution is -0.137. The van der Waals surface area contributed by atoms with Gasteiger partial charge in [-0.05, 0) is 51.5 Å². The first-order chi connectivity index (χ1) is 9.13. The average Bonchev–Trinajstić information content (AvgIpc) is 2.46. The van der Waals surface area contributed by atoms with Gasteiger partial charge in [0.1, 0.15) is 0 Å². The normalized spacial score (nSPS) is 23.6. The van der Waals surface area contributed by atoms with Gasteiger partial charge >= 0.3 is 0 Å². The molecule has 1 amide bonds. The second-order valence-electron chi connectivity index (χ2n) is 5.92. The van der Waals surface area contributed by atoms with E-state index < -0.39 is 0 Å².